The van der Waals surface area contributed by atoms with Crippen molar-refractivity contribution in [3.8, 4) is 17.1 Å². The molecule has 1 saturated carbocycles. The van der Waals surface area contributed by atoms with Gasteiger partial charge in [-0.05, 0) is 31.9 Å². The summed E-state index contributed by atoms with van der Waals surface area (Å²) in [7, 11) is 1.64. The second-order valence-corrected chi connectivity index (χ2v) is 5.96. The Balaban J connectivity index is 1.93. The van der Waals surface area contributed by atoms with Gasteiger partial charge in [0.15, 0.2) is 0 Å². The van der Waals surface area contributed by atoms with Gasteiger partial charge in [0, 0.05) is 5.54 Å². The van der Waals surface area contributed by atoms with Crippen molar-refractivity contribution in [2.24, 2.45) is 5.73 Å². The summed E-state index contributed by atoms with van der Waals surface area (Å²) in [6.07, 6.45) is 4.31. The van der Waals surface area contributed by atoms with Crippen LogP contribution >= 0.6 is 0 Å². The number of hydrogen-bond acceptors (Lipinski definition) is 5. The van der Waals surface area contributed by atoms with Gasteiger partial charge in [-0.25, -0.2) is 0 Å². The molecule has 1 aliphatic rings. The van der Waals surface area contributed by atoms with Crippen LogP contribution in [0.2, 0.25) is 0 Å². The number of ether oxygens (including phenoxy) is 1. The van der Waals surface area contributed by atoms with Crippen LogP contribution in [-0.2, 0) is 0 Å². The lowest BCUT2D eigenvalue weighted by Crippen LogP contribution is -2.44. The highest BCUT2D eigenvalue weighted by Crippen LogP contribution is 2.39. The van der Waals surface area contributed by atoms with E-state index in [0.29, 0.717) is 11.7 Å². The van der Waals surface area contributed by atoms with Gasteiger partial charge >= 0.3 is 0 Å². The van der Waals surface area contributed by atoms with Crippen LogP contribution in [0.3, 0.4) is 0 Å². The highest BCUT2D eigenvalue weighted by Gasteiger charge is 2.37. The first-order valence-electron chi connectivity index (χ1n) is 7.38. The second-order valence-electron chi connectivity index (χ2n) is 5.96. The molecule has 0 bridgehead atoms. The van der Waals surface area contributed by atoms with E-state index in [1.165, 1.54) is 0 Å². The molecule has 1 aromatic heterocycles. The quantitative estimate of drug-likeness (QED) is 0.938. The lowest BCUT2D eigenvalue weighted by molar-refractivity contribution is 0.223. The smallest absolute Gasteiger partial charge is 0.231 e. The van der Waals surface area contributed by atoms with Crippen LogP contribution in [0.15, 0.2) is 28.8 Å². The van der Waals surface area contributed by atoms with Gasteiger partial charge in [0.25, 0.3) is 0 Å². The van der Waals surface area contributed by atoms with E-state index in [-0.39, 0.29) is 11.5 Å². The van der Waals surface area contributed by atoms with Gasteiger partial charge in [0.1, 0.15) is 5.75 Å². The Labute approximate surface area is 124 Å². The Morgan fingerprint density at radius 2 is 2.14 bits per heavy atom. The first-order chi connectivity index (χ1) is 10.1. The van der Waals surface area contributed by atoms with Crippen LogP contribution in [0.25, 0.3) is 11.4 Å². The Morgan fingerprint density at radius 1 is 1.33 bits per heavy atom. The summed E-state index contributed by atoms with van der Waals surface area (Å²) >= 11 is 0. The monoisotopic (exact) mass is 287 g/mol. The molecule has 21 heavy (non-hydrogen) atoms. The maximum Gasteiger partial charge on any atom is 0.231 e. The molecule has 2 aromatic rings. The zero-order valence-electron chi connectivity index (χ0n) is 12.5. The van der Waals surface area contributed by atoms with Crippen LogP contribution in [0.1, 0.15) is 44.4 Å². The summed E-state index contributed by atoms with van der Waals surface area (Å²) in [5.74, 6) is 2.07. The molecule has 112 valence electrons. The minimum atomic E-state index is -0.275. The van der Waals surface area contributed by atoms with Gasteiger partial charge in [-0.3, -0.25) is 0 Å². The minimum Gasteiger partial charge on any atom is -0.496 e. The van der Waals surface area contributed by atoms with Crippen LogP contribution in [-0.4, -0.2) is 22.8 Å². The van der Waals surface area contributed by atoms with Crippen molar-refractivity contribution in [1.82, 2.24) is 10.1 Å². The van der Waals surface area contributed by atoms with Gasteiger partial charge in [-0.15, -0.1) is 0 Å². The van der Waals surface area contributed by atoms with Crippen LogP contribution < -0.4 is 10.5 Å². The first kappa shape index (κ1) is 14.1. The molecule has 0 aliphatic heterocycles. The van der Waals surface area contributed by atoms with E-state index in [2.05, 4.69) is 17.1 Å². The zero-order chi connectivity index (χ0) is 14.9. The van der Waals surface area contributed by atoms with Gasteiger partial charge in [-0.1, -0.05) is 30.1 Å². The van der Waals surface area contributed by atoms with E-state index in [1.807, 2.05) is 24.3 Å². The Kier molecular flexibility index (Phi) is 3.68. The summed E-state index contributed by atoms with van der Waals surface area (Å²) in [6.45, 7) is 2.07. The number of aromatic nitrogens is 2. The molecule has 1 fully saturated rings. The molecule has 2 N–H and O–H groups in total. The molecule has 5 heteroatoms. The number of nitrogens with zero attached hydrogens (tertiary/aromatic N) is 2. The third-order valence-electron chi connectivity index (χ3n) is 4.34. The maximum atomic E-state index is 6.41. The predicted molar refractivity (Wildman–Crippen MR) is 80.1 cm³/mol. The van der Waals surface area contributed by atoms with Crippen molar-refractivity contribution >= 4 is 0 Å². The molecule has 0 amide bonds. The minimum absolute atomic E-state index is 0.127. The van der Waals surface area contributed by atoms with Crippen molar-refractivity contribution in [3.05, 3.63) is 30.2 Å². The Morgan fingerprint density at radius 3 is 2.90 bits per heavy atom. The third kappa shape index (κ3) is 2.65. The van der Waals surface area contributed by atoms with Crippen molar-refractivity contribution in [2.75, 3.05) is 7.11 Å². The van der Waals surface area contributed by atoms with E-state index in [1.54, 1.807) is 7.11 Å². The van der Waals surface area contributed by atoms with Crippen molar-refractivity contribution in [3.63, 3.8) is 0 Å². The van der Waals surface area contributed by atoms with E-state index in [9.17, 15) is 0 Å². The molecule has 1 heterocycles. The summed E-state index contributed by atoms with van der Waals surface area (Å²) in [6, 6.07) is 7.66. The normalized spacial score (nSPS) is 25.8. The van der Waals surface area contributed by atoms with E-state index < -0.39 is 0 Å². The second kappa shape index (κ2) is 5.48. The van der Waals surface area contributed by atoms with E-state index >= 15 is 0 Å². The van der Waals surface area contributed by atoms with Crippen LogP contribution in [0.4, 0.5) is 0 Å². The van der Waals surface area contributed by atoms with Crippen LogP contribution in [0.5, 0.6) is 5.75 Å². The highest BCUT2D eigenvalue weighted by molar-refractivity contribution is 5.63. The summed E-state index contributed by atoms with van der Waals surface area (Å²) in [5.41, 5.74) is 6.97. The molecular formula is C16H21N3O2. The standard InChI is InChI=1S/C16H21N3O2/c1-16(17)10-6-5-8-12(16)15-18-14(19-21-15)11-7-3-4-9-13(11)20-2/h3-4,7,9,12H,5-6,8,10,17H2,1-2H3. The highest BCUT2D eigenvalue weighted by atomic mass is 16.5. The van der Waals surface area contributed by atoms with E-state index in [4.69, 9.17) is 15.0 Å². The number of benzene rings is 1. The molecule has 2 atom stereocenters. The molecule has 3 rings (SSSR count). The Bertz CT molecular complexity index is 621. The number of methoxy groups -OCH3 is 1. The van der Waals surface area contributed by atoms with Crippen LogP contribution in [0, 0.1) is 0 Å². The molecule has 2 unspecified atom stereocenters. The fourth-order valence-corrected chi connectivity index (χ4v) is 3.08. The number of nitrogens with two attached hydrogens (primary N) is 1. The number of hydrogen-bond donors (Lipinski definition) is 1. The summed E-state index contributed by atoms with van der Waals surface area (Å²) < 4.78 is 10.8. The molecule has 0 saturated heterocycles. The molecule has 5 nitrogen and oxygen atoms in total. The van der Waals surface area contributed by atoms with Gasteiger partial charge in [0.05, 0.1) is 18.6 Å². The predicted octanol–water partition coefficient (Wildman–Crippen LogP) is 3.12. The first-order valence-corrected chi connectivity index (χ1v) is 7.38. The third-order valence-corrected chi connectivity index (χ3v) is 4.34. The van der Waals surface area contributed by atoms with Gasteiger partial charge in [0.2, 0.25) is 11.7 Å². The topological polar surface area (TPSA) is 74.2 Å². The lowest BCUT2D eigenvalue weighted by Gasteiger charge is -2.35. The fourth-order valence-electron chi connectivity index (χ4n) is 3.08. The maximum absolute atomic E-state index is 6.41. The molecule has 1 aliphatic carbocycles. The van der Waals surface area contributed by atoms with Crippen molar-refractivity contribution in [2.45, 2.75) is 44.1 Å². The molecule has 0 spiro atoms. The SMILES string of the molecule is COc1ccccc1-c1noc(C2CCCCC2(C)N)n1. The summed E-state index contributed by atoms with van der Waals surface area (Å²) in [5, 5.41) is 4.11. The molecular weight excluding hydrogens is 266 g/mol. The van der Waals surface area contributed by atoms with Gasteiger partial charge in [-0.2, -0.15) is 4.98 Å². The Hall–Kier alpha value is -1.88. The van der Waals surface area contributed by atoms with E-state index in [0.717, 1.165) is 37.0 Å². The number of para-hydroxylation sites is 1. The fraction of sp³-hybridized carbons (Fsp3) is 0.500. The lowest BCUT2D eigenvalue weighted by atomic mass is 9.74. The largest absolute Gasteiger partial charge is 0.496 e. The summed E-state index contributed by atoms with van der Waals surface area (Å²) in [4.78, 5) is 4.57. The molecule has 1 aromatic carbocycles. The van der Waals surface area contributed by atoms with Crippen molar-refractivity contribution < 1.29 is 9.26 Å². The average Bonchev–Trinajstić information content (AvgIpc) is 2.96. The molecule has 0 radical (unpaired) electrons. The zero-order valence-corrected chi connectivity index (χ0v) is 12.5. The average molecular weight is 287 g/mol. The van der Waals surface area contributed by atoms with Crippen molar-refractivity contribution in [1.29, 1.82) is 0 Å². The number of rotatable bonds is 3. The van der Waals surface area contributed by atoms with Gasteiger partial charge < -0.3 is 15.0 Å².